The van der Waals surface area contributed by atoms with E-state index in [-0.39, 0.29) is 28.9 Å². The summed E-state index contributed by atoms with van der Waals surface area (Å²) in [6.07, 6.45) is 2.69. The summed E-state index contributed by atoms with van der Waals surface area (Å²) >= 11 is 5.92. The van der Waals surface area contributed by atoms with E-state index in [2.05, 4.69) is 15.0 Å². The van der Waals surface area contributed by atoms with Crippen LogP contribution in [-0.4, -0.2) is 35.1 Å². The van der Waals surface area contributed by atoms with E-state index in [1.54, 1.807) is 6.07 Å². The molecule has 7 nitrogen and oxygen atoms in total. The highest BCUT2D eigenvalue weighted by Crippen LogP contribution is 2.28. The molecule has 4 rings (SSSR count). The second-order valence-electron chi connectivity index (χ2n) is 8.16. The minimum atomic E-state index is -0.599. The summed E-state index contributed by atoms with van der Waals surface area (Å²) in [5, 5.41) is 3.76. The molecule has 0 fully saturated rings. The first-order valence-corrected chi connectivity index (χ1v) is 11.6. The third-order valence-corrected chi connectivity index (χ3v) is 5.96. The monoisotopic (exact) mass is 507 g/mol. The van der Waals surface area contributed by atoms with Crippen LogP contribution in [0.25, 0.3) is 22.0 Å². The van der Waals surface area contributed by atoms with Crippen molar-refractivity contribution in [3.8, 4) is 11.1 Å². The molecule has 0 radical (unpaired) electrons. The molecule has 0 atom stereocenters. The standard InChI is InChI=1S/C27H23ClFN3O4/c1-36-25(33)15-32-16-31-24-14-22(26(34)30-11-3-4-17-7-9-19(28)10-8-17)21(13-23(24)27(32)35)18-5-2-6-20(29)12-18/h2,5-10,12-14,16H,3-4,11,15H2,1H3,(H,30,34). The molecule has 36 heavy (non-hydrogen) atoms. The molecule has 9 heteroatoms. The van der Waals surface area contributed by atoms with Gasteiger partial charge in [0.25, 0.3) is 11.5 Å². The molecule has 1 aromatic heterocycles. The van der Waals surface area contributed by atoms with Crippen molar-refractivity contribution >= 4 is 34.4 Å². The number of rotatable bonds is 8. The number of methoxy groups -OCH3 is 1. The van der Waals surface area contributed by atoms with Crippen molar-refractivity contribution in [2.45, 2.75) is 19.4 Å². The minimum absolute atomic E-state index is 0.194. The number of aryl methyl sites for hydroxylation is 1. The lowest BCUT2D eigenvalue weighted by molar-refractivity contribution is -0.141. The normalized spacial score (nSPS) is 10.9. The number of amides is 1. The first-order chi connectivity index (χ1) is 17.4. The first kappa shape index (κ1) is 25.1. The fourth-order valence-electron chi connectivity index (χ4n) is 3.85. The van der Waals surface area contributed by atoms with Crippen LogP contribution in [0.1, 0.15) is 22.3 Å². The van der Waals surface area contributed by atoms with Gasteiger partial charge in [-0.05, 0) is 65.9 Å². The summed E-state index contributed by atoms with van der Waals surface area (Å²) in [5.74, 6) is -1.44. The molecule has 1 N–H and O–H groups in total. The molecule has 4 aromatic rings. The number of hydrogen-bond donors (Lipinski definition) is 1. The second-order valence-corrected chi connectivity index (χ2v) is 8.60. The number of nitrogens with zero attached hydrogens (tertiary/aromatic N) is 2. The molecule has 0 aliphatic carbocycles. The van der Waals surface area contributed by atoms with Crippen LogP contribution < -0.4 is 10.9 Å². The van der Waals surface area contributed by atoms with Gasteiger partial charge in [0.05, 0.1) is 24.3 Å². The first-order valence-electron chi connectivity index (χ1n) is 11.2. The van der Waals surface area contributed by atoms with Gasteiger partial charge in [-0.2, -0.15) is 0 Å². The van der Waals surface area contributed by atoms with Crippen molar-refractivity contribution in [1.82, 2.24) is 14.9 Å². The second kappa shape index (κ2) is 11.1. The zero-order valence-electron chi connectivity index (χ0n) is 19.5. The number of hydrogen-bond acceptors (Lipinski definition) is 5. The third kappa shape index (κ3) is 5.78. The topological polar surface area (TPSA) is 90.3 Å². The van der Waals surface area contributed by atoms with Gasteiger partial charge in [0.1, 0.15) is 12.4 Å². The highest BCUT2D eigenvalue weighted by molar-refractivity contribution is 6.30. The number of carbonyl (C=O) groups excluding carboxylic acids is 2. The fraction of sp³-hybridized carbons (Fsp3) is 0.185. The number of fused-ring (bicyclic) bond motifs is 1. The molecule has 184 valence electrons. The molecule has 1 amide bonds. The Balaban J connectivity index is 1.64. The average Bonchev–Trinajstić information content (AvgIpc) is 2.88. The summed E-state index contributed by atoms with van der Waals surface area (Å²) in [6, 6.07) is 16.3. The maximum absolute atomic E-state index is 14.0. The van der Waals surface area contributed by atoms with Crippen molar-refractivity contribution in [2.24, 2.45) is 0 Å². The van der Waals surface area contributed by atoms with E-state index in [0.29, 0.717) is 29.1 Å². The summed E-state index contributed by atoms with van der Waals surface area (Å²) in [6.45, 7) is 0.111. The summed E-state index contributed by atoms with van der Waals surface area (Å²) < 4.78 is 19.8. The number of ether oxygens (including phenoxy) is 1. The Bertz CT molecular complexity index is 1490. The van der Waals surface area contributed by atoms with Gasteiger partial charge in [0.15, 0.2) is 0 Å². The number of benzene rings is 3. The largest absolute Gasteiger partial charge is 0.468 e. The Morgan fingerprint density at radius 2 is 1.89 bits per heavy atom. The molecule has 1 heterocycles. The third-order valence-electron chi connectivity index (χ3n) is 5.71. The summed E-state index contributed by atoms with van der Waals surface area (Å²) in [7, 11) is 1.23. The molecule has 0 saturated carbocycles. The summed E-state index contributed by atoms with van der Waals surface area (Å²) in [4.78, 5) is 42.1. The van der Waals surface area contributed by atoms with Gasteiger partial charge < -0.3 is 10.1 Å². The number of aromatic nitrogens is 2. The minimum Gasteiger partial charge on any atom is -0.468 e. The Morgan fingerprint density at radius 3 is 2.61 bits per heavy atom. The molecule has 0 spiro atoms. The SMILES string of the molecule is COC(=O)Cn1cnc2cc(C(=O)NCCCc3ccc(Cl)cc3)c(-c3cccc(F)c3)cc2c1=O. The van der Waals surface area contributed by atoms with Crippen LogP contribution in [0.5, 0.6) is 0 Å². The van der Waals surface area contributed by atoms with Crippen LogP contribution in [0.15, 0.2) is 71.8 Å². The van der Waals surface area contributed by atoms with Crippen molar-refractivity contribution in [3.05, 3.63) is 99.3 Å². The predicted octanol–water partition coefficient (Wildman–Crippen LogP) is 4.39. The van der Waals surface area contributed by atoms with Gasteiger partial charge in [-0.1, -0.05) is 35.9 Å². The molecule has 0 bridgehead atoms. The molecular weight excluding hydrogens is 485 g/mol. The van der Waals surface area contributed by atoms with Crippen molar-refractivity contribution in [2.75, 3.05) is 13.7 Å². The Morgan fingerprint density at radius 1 is 1.11 bits per heavy atom. The van der Waals surface area contributed by atoms with Gasteiger partial charge in [-0.3, -0.25) is 19.0 Å². The van der Waals surface area contributed by atoms with E-state index < -0.39 is 17.3 Å². The van der Waals surface area contributed by atoms with Crippen LogP contribution >= 0.6 is 11.6 Å². The van der Waals surface area contributed by atoms with Crippen molar-refractivity contribution in [1.29, 1.82) is 0 Å². The smallest absolute Gasteiger partial charge is 0.325 e. The summed E-state index contributed by atoms with van der Waals surface area (Å²) in [5.41, 5.74) is 1.99. The van der Waals surface area contributed by atoms with E-state index in [0.717, 1.165) is 16.6 Å². The van der Waals surface area contributed by atoms with Crippen LogP contribution in [0, 0.1) is 5.82 Å². The van der Waals surface area contributed by atoms with Crippen LogP contribution in [-0.2, 0) is 22.5 Å². The Labute approximate surface area is 211 Å². The predicted molar refractivity (Wildman–Crippen MR) is 136 cm³/mol. The highest BCUT2D eigenvalue weighted by Gasteiger charge is 2.18. The van der Waals surface area contributed by atoms with Gasteiger partial charge in [0.2, 0.25) is 0 Å². The van der Waals surface area contributed by atoms with E-state index >= 15 is 0 Å². The number of halogens is 2. The van der Waals surface area contributed by atoms with Crippen LogP contribution in [0.3, 0.4) is 0 Å². The lowest BCUT2D eigenvalue weighted by Gasteiger charge is -2.13. The van der Waals surface area contributed by atoms with Gasteiger partial charge in [0, 0.05) is 17.1 Å². The van der Waals surface area contributed by atoms with Gasteiger partial charge >= 0.3 is 5.97 Å². The van der Waals surface area contributed by atoms with Crippen LogP contribution in [0.4, 0.5) is 4.39 Å². The lowest BCUT2D eigenvalue weighted by Crippen LogP contribution is -2.27. The fourth-order valence-corrected chi connectivity index (χ4v) is 3.97. The number of nitrogens with one attached hydrogen (secondary N) is 1. The lowest BCUT2D eigenvalue weighted by atomic mass is 9.96. The maximum atomic E-state index is 14.0. The van der Waals surface area contributed by atoms with E-state index in [1.165, 1.54) is 43.8 Å². The molecule has 0 aliphatic rings. The van der Waals surface area contributed by atoms with E-state index in [1.807, 2.05) is 24.3 Å². The molecule has 3 aromatic carbocycles. The zero-order valence-corrected chi connectivity index (χ0v) is 20.2. The molecular formula is C27H23ClFN3O4. The number of carbonyl (C=O) groups is 2. The quantitative estimate of drug-likeness (QED) is 0.282. The molecule has 0 unspecified atom stereocenters. The van der Waals surface area contributed by atoms with Crippen molar-refractivity contribution < 1.29 is 18.7 Å². The van der Waals surface area contributed by atoms with Crippen LogP contribution in [0.2, 0.25) is 5.02 Å². The van der Waals surface area contributed by atoms with E-state index in [9.17, 15) is 18.8 Å². The Hall–Kier alpha value is -4.04. The van der Waals surface area contributed by atoms with Gasteiger partial charge in [-0.25, -0.2) is 9.37 Å². The zero-order chi connectivity index (χ0) is 25.7. The maximum Gasteiger partial charge on any atom is 0.325 e. The molecule has 0 saturated heterocycles. The number of esters is 1. The van der Waals surface area contributed by atoms with E-state index in [4.69, 9.17) is 11.6 Å². The average molecular weight is 508 g/mol. The van der Waals surface area contributed by atoms with Crippen molar-refractivity contribution in [3.63, 3.8) is 0 Å². The Kier molecular flexibility index (Phi) is 7.75. The van der Waals surface area contributed by atoms with Gasteiger partial charge in [-0.15, -0.1) is 0 Å². The molecule has 0 aliphatic heterocycles. The highest BCUT2D eigenvalue weighted by atomic mass is 35.5.